The Morgan fingerprint density at radius 1 is 1.09 bits per heavy atom. The van der Waals surface area contributed by atoms with E-state index >= 15 is 0 Å². The summed E-state index contributed by atoms with van der Waals surface area (Å²) in [6, 6.07) is 8.50. The monoisotopic (exact) mass is 303 g/mol. The van der Waals surface area contributed by atoms with Crippen molar-refractivity contribution >= 4 is 5.97 Å². The van der Waals surface area contributed by atoms with Crippen molar-refractivity contribution in [1.82, 2.24) is 4.90 Å². The topological polar surface area (TPSA) is 29.5 Å². The molecule has 1 aliphatic rings. The number of nitrogens with zero attached hydrogens (tertiary/aromatic N) is 1. The van der Waals surface area contributed by atoms with Gasteiger partial charge in [0.15, 0.2) is 0 Å². The first-order chi connectivity index (χ1) is 10.8. The molecule has 1 heterocycles. The Kier molecular flexibility index (Phi) is 7.44. The number of benzene rings is 1. The van der Waals surface area contributed by atoms with Crippen LogP contribution in [-0.4, -0.2) is 30.6 Å². The van der Waals surface area contributed by atoms with E-state index in [0.717, 1.165) is 25.9 Å². The van der Waals surface area contributed by atoms with Gasteiger partial charge in [0.2, 0.25) is 0 Å². The molecule has 3 nitrogen and oxygen atoms in total. The number of hydrogen-bond acceptors (Lipinski definition) is 3. The SMILES string of the molecule is CCCCCCCCOC(=O)CN1CCc2ccccc2C1. The molecular weight excluding hydrogens is 274 g/mol. The number of unbranched alkanes of at least 4 members (excludes halogenated alkanes) is 5. The number of hydrogen-bond donors (Lipinski definition) is 0. The summed E-state index contributed by atoms with van der Waals surface area (Å²) >= 11 is 0. The molecule has 0 radical (unpaired) electrons. The Balaban J connectivity index is 1.58. The van der Waals surface area contributed by atoms with Crippen LogP contribution in [0.3, 0.4) is 0 Å². The van der Waals surface area contributed by atoms with Gasteiger partial charge in [-0.15, -0.1) is 0 Å². The second-order valence-electron chi connectivity index (χ2n) is 6.22. The van der Waals surface area contributed by atoms with E-state index < -0.39 is 0 Å². The van der Waals surface area contributed by atoms with E-state index in [-0.39, 0.29) is 5.97 Å². The van der Waals surface area contributed by atoms with Crippen molar-refractivity contribution in [3.05, 3.63) is 35.4 Å². The quantitative estimate of drug-likeness (QED) is 0.511. The average Bonchev–Trinajstić information content (AvgIpc) is 2.54. The molecule has 0 fully saturated rings. The highest BCUT2D eigenvalue weighted by Gasteiger charge is 2.18. The minimum atomic E-state index is -0.0760. The molecular formula is C19H29NO2. The summed E-state index contributed by atoms with van der Waals surface area (Å²) in [4.78, 5) is 14.1. The van der Waals surface area contributed by atoms with Crippen LogP contribution in [0.5, 0.6) is 0 Å². The van der Waals surface area contributed by atoms with Crippen LogP contribution in [0.2, 0.25) is 0 Å². The van der Waals surface area contributed by atoms with Gasteiger partial charge < -0.3 is 4.74 Å². The molecule has 0 amide bonds. The fourth-order valence-corrected chi connectivity index (χ4v) is 2.99. The van der Waals surface area contributed by atoms with Crippen molar-refractivity contribution in [1.29, 1.82) is 0 Å². The van der Waals surface area contributed by atoms with Crippen LogP contribution in [0.1, 0.15) is 56.6 Å². The van der Waals surface area contributed by atoms with Gasteiger partial charge in [-0.3, -0.25) is 9.69 Å². The maximum atomic E-state index is 11.9. The summed E-state index contributed by atoms with van der Waals surface area (Å²) in [6.07, 6.45) is 8.35. The fraction of sp³-hybridized carbons (Fsp3) is 0.632. The molecule has 122 valence electrons. The van der Waals surface area contributed by atoms with Crippen LogP contribution in [0.15, 0.2) is 24.3 Å². The lowest BCUT2D eigenvalue weighted by molar-refractivity contribution is -0.145. The molecule has 2 rings (SSSR count). The largest absolute Gasteiger partial charge is 0.465 e. The molecule has 0 N–H and O–H groups in total. The Labute approximate surface area is 134 Å². The van der Waals surface area contributed by atoms with Gasteiger partial charge in [-0.05, 0) is 24.0 Å². The number of carbonyl (C=O) groups excluding carboxylic acids is 1. The highest BCUT2D eigenvalue weighted by Crippen LogP contribution is 2.18. The van der Waals surface area contributed by atoms with E-state index in [0.29, 0.717) is 13.2 Å². The molecule has 0 aliphatic carbocycles. The van der Waals surface area contributed by atoms with Crippen LogP contribution in [0.4, 0.5) is 0 Å². The predicted octanol–water partition coefficient (Wildman–Crippen LogP) is 3.95. The van der Waals surface area contributed by atoms with E-state index in [1.807, 2.05) is 0 Å². The Hall–Kier alpha value is -1.35. The zero-order chi connectivity index (χ0) is 15.6. The first-order valence-corrected chi connectivity index (χ1v) is 8.74. The van der Waals surface area contributed by atoms with Gasteiger partial charge in [0.25, 0.3) is 0 Å². The van der Waals surface area contributed by atoms with Crippen molar-refractivity contribution in [2.24, 2.45) is 0 Å². The third-order valence-corrected chi connectivity index (χ3v) is 4.32. The maximum Gasteiger partial charge on any atom is 0.320 e. The maximum absolute atomic E-state index is 11.9. The minimum Gasteiger partial charge on any atom is -0.465 e. The van der Waals surface area contributed by atoms with Gasteiger partial charge in [0.05, 0.1) is 13.2 Å². The lowest BCUT2D eigenvalue weighted by atomic mass is 10.00. The van der Waals surface area contributed by atoms with Crippen molar-refractivity contribution in [3.8, 4) is 0 Å². The van der Waals surface area contributed by atoms with Crippen molar-refractivity contribution in [3.63, 3.8) is 0 Å². The minimum absolute atomic E-state index is 0.0760. The number of fused-ring (bicyclic) bond motifs is 1. The first kappa shape index (κ1) is 17.0. The average molecular weight is 303 g/mol. The smallest absolute Gasteiger partial charge is 0.320 e. The Bertz CT molecular complexity index is 459. The summed E-state index contributed by atoms with van der Waals surface area (Å²) in [5.41, 5.74) is 2.76. The highest BCUT2D eigenvalue weighted by atomic mass is 16.5. The van der Waals surface area contributed by atoms with E-state index in [4.69, 9.17) is 4.74 Å². The van der Waals surface area contributed by atoms with Crippen molar-refractivity contribution < 1.29 is 9.53 Å². The molecule has 1 aliphatic heterocycles. The predicted molar refractivity (Wildman–Crippen MR) is 89.8 cm³/mol. The molecule has 0 spiro atoms. The zero-order valence-electron chi connectivity index (χ0n) is 13.9. The summed E-state index contributed by atoms with van der Waals surface area (Å²) in [7, 11) is 0. The van der Waals surface area contributed by atoms with E-state index in [2.05, 4.69) is 36.1 Å². The van der Waals surface area contributed by atoms with Gasteiger partial charge >= 0.3 is 5.97 Å². The highest BCUT2D eigenvalue weighted by molar-refractivity contribution is 5.71. The molecule has 3 heteroatoms. The number of carbonyl (C=O) groups is 1. The van der Waals surface area contributed by atoms with Gasteiger partial charge in [-0.1, -0.05) is 63.3 Å². The summed E-state index contributed by atoms with van der Waals surface area (Å²) < 4.78 is 5.36. The summed E-state index contributed by atoms with van der Waals surface area (Å²) in [5.74, 6) is -0.0760. The Morgan fingerprint density at radius 3 is 2.64 bits per heavy atom. The third-order valence-electron chi connectivity index (χ3n) is 4.32. The Morgan fingerprint density at radius 2 is 1.82 bits per heavy atom. The molecule has 22 heavy (non-hydrogen) atoms. The van der Waals surface area contributed by atoms with Crippen LogP contribution >= 0.6 is 0 Å². The normalized spacial score (nSPS) is 14.6. The summed E-state index contributed by atoms with van der Waals surface area (Å²) in [6.45, 7) is 5.03. The molecule has 0 aromatic heterocycles. The third kappa shape index (κ3) is 5.80. The van der Waals surface area contributed by atoms with Crippen LogP contribution in [0, 0.1) is 0 Å². The van der Waals surface area contributed by atoms with Crippen LogP contribution < -0.4 is 0 Å². The van der Waals surface area contributed by atoms with Crippen LogP contribution in [-0.2, 0) is 22.5 Å². The van der Waals surface area contributed by atoms with Gasteiger partial charge in [-0.25, -0.2) is 0 Å². The molecule has 1 aromatic carbocycles. The van der Waals surface area contributed by atoms with E-state index in [1.54, 1.807) is 0 Å². The number of esters is 1. The van der Waals surface area contributed by atoms with Crippen molar-refractivity contribution in [2.75, 3.05) is 19.7 Å². The van der Waals surface area contributed by atoms with E-state index in [9.17, 15) is 4.79 Å². The number of ether oxygens (including phenoxy) is 1. The second kappa shape index (κ2) is 9.62. The summed E-state index contributed by atoms with van der Waals surface area (Å²) in [5, 5.41) is 0. The molecule has 0 saturated carbocycles. The second-order valence-corrected chi connectivity index (χ2v) is 6.22. The lowest BCUT2D eigenvalue weighted by Gasteiger charge is -2.27. The molecule has 0 bridgehead atoms. The molecule has 0 saturated heterocycles. The molecule has 0 unspecified atom stereocenters. The van der Waals surface area contributed by atoms with E-state index in [1.165, 1.54) is 43.2 Å². The molecule has 0 atom stereocenters. The van der Waals surface area contributed by atoms with Gasteiger partial charge in [0, 0.05) is 13.1 Å². The fourth-order valence-electron chi connectivity index (χ4n) is 2.99. The van der Waals surface area contributed by atoms with Crippen LogP contribution in [0.25, 0.3) is 0 Å². The molecule has 1 aromatic rings. The number of rotatable bonds is 9. The van der Waals surface area contributed by atoms with Gasteiger partial charge in [0.1, 0.15) is 0 Å². The zero-order valence-corrected chi connectivity index (χ0v) is 13.9. The standard InChI is InChI=1S/C19H29NO2/c1-2-3-4-5-6-9-14-22-19(21)16-20-13-12-17-10-7-8-11-18(17)15-20/h7-8,10-11H,2-6,9,12-16H2,1H3. The van der Waals surface area contributed by atoms with Gasteiger partial charge in [-0.2, -0.15) is 0 Å². The van der Waals surface area contributed by atoms with Crippen molar-refractivity contribution in [2.45, 2.75) is 58.4 Å². The lowest BCUT2D eigenvalue weighted by Crippen LogP contribution is -2.35. The first-order valence-electron chi connectivity index (χ1n) is 8.74.